The number of fused-ring (bicyclic) bond motifs is 1. The van der Waals surface area contributed by atoms with Gasteiger partial charge in [-0.2, -0.15) is 0 Å². The first-order valence-electron chi connectivity index (χ1n) is 9.35. The first kappa shape index (κ1) is 19.5. The number of thiazole rings is 2. The van der Waals surface area contributed by atoms with Gasteiger partial charge < -0.3 is 14.7 Å². The Labute approximate surface area is 176 Å². The van der Waals surface area contributed by atoms with Gasteiger partial charge >= 0.3 is 4.87 Å². The first-order valence-corrected chi connectivity index (χ1v) is 11.0. The lowest BCUT2D eigenvalue weighted by Crippen LogP contribution is -2.27. The van der Waals surface area contributed by atoms with Crippen molar-refractivity contribution >= 4 is 38.0 Å². The zero-order chi connectivity index (χ0) is 20.2. The minimum atomic E-state index is -0.244. The summed E-state index contributed by atoms with van der Waals surface area (Å²) < 4.78 is 7.09. The number of aromatic nitrogens is 2. The zero-order valence-electron chi connectivity index (χ0n) is 15.9. The number of aromatic hydroxyl groups is 1. The number of ether oxygens (including phenoxy) is 1. The molecule has 8 heteroatoms. The van der Waals surface area contributed by atoms with Gasteiger partial charge in [-0.3, -0.25) is 9.78 Å². The number of nitrogens with one attached hydrogen (secondary N) is 1. The van der Waals surface area contributed by atoms with Gasteiger partial charge in [0.05, 0.1) is 21.6 Å². The molecule has 0 fully saturated rings. The van der Waals surface area contributed by atoms with Gasteiger partial charge in [0, 0.05) is 13.0 Å². The lowest BCUT2D eigenvalue weighted by atomic mass is 10.1. The molecule has 0 amide bonds. The highest BCUT2D eigenvalue weighted by Crippen LogP contribution is 2.28. The van der Waals surface area contributed by atoms with E-state index < -0.39 is 0 Å². The van der Waals surface area contributed by atoms with Crippen LogP contribution in [-0.2, 0) is 6.42 Å². The summed E-state index contributed by atoms with van der Waals surface area (Å²) in [5, 5.41) is 10.7. The molecular formula is C21H21N3O3S2. The number of hydrogen-bond acceptors (Lipinski definition) is 7. The smallest absolute Gasteiger partial charge is 0.307 e. The van der Waals surface area contributed by atoms with Crippen molar-refractivity contribution in [1.29, 1.82) is 0 Å². The molecule has 0 unspecified atom stereocenters. The maximum absolute atomic E-state index is 11.3. The fraction of sp³-hybridized carbons (Fsp3) is 0.238. The first-order chi connectivity index (χ1) is 14.1. The minimum Gasteiger partial charge on any atom is -0.494 e. The third-order valence-electron chi connectivity index (χ3n) is 4.55. The average Bonchev–Trinajstić information content (AvgIpc) is 3.29. The van der Waals surface area contributed by atoms with E-state index in [1.165, 1.54) is 4.70 Å². The van der Waals surface area contributed by atoms with Crippen LogP contribution < -0.4 is 14.5 Å². The maximum Gasteiger partial charge on any atom is 0.307 e. The second kappa shape index (κ2) is 8.67. The number of rotatable bonds is 8. The molecule has 0 saturated carbocycles. The maximum atomic E-state index is 11.3. The number of H-pyrrole nitrogens is 1. The molecule has 150 valence electrons. The average molecular weight is 428 g/mol. The molecule has 0 aliphatic rings. The molecule has 2 heterocycles. The molecule has 6 nitrogen and oxygen atoms in total. The topological polar surface area (TPSA) is 78.5 Å². The molecule has 4 aromatic rings. The van der Waals surface area contributed by atoms with E-state index in [9.17, 15) is 9.90 Å². The Balaban J connectivity index is 1.33. The van der Waals surface area contributed by atoms with Crippen LogP contribution in [0.5, 0.6) is 11.6 Å². The molecule has 2 aromatic heterocycles. The fourth-order valence-electron chi connectivity index (χ4n) is 3.02. The number of aromatic amines is 1. The Morgan fingerprint density at radius 2 is 1.93 bits per heavy atom. The number of likely N-dealkylation sites (N-methyl/N-ethyl adjacent to an activating group) is 1. The Kier molecular flexibility index (Phi) is 5.82. The Hall–Kier alpha value is -2.84. The number of nitrogens with zero attached hydrogens (tertiary/aromatic N) is 2. The summed E-state index contributed by atoms with van der Waals surface area (Å²) in [5.74, 6) is 0.746. The summed E-state index contributed by atoms with van der Waals surface area (Å²) in [6.45, 7) is 4.29. The summed E-state index contributed by atoms with van der Waals surface area (Å²) in [6.07, 6.45) is 0.511. The second-order valence-corrected chi connectivity index (χ2v) is 8.58. The summed E-state index contributed by atoms with van der Waals surface area (Å²) in [4.78, 5) is 21.0. The van der Waals surface area contributed by atoms with Crippen LogP contribution in [0, 0.1) is 0 Å². The largest absolute Gasteiger partial charge is 0.494 e. The normalized spacial score (nSPS) is 11.1. The molecule has 2 N–H and O–H groups in total. The van der Waals surface area contributed by atoms with Gasteiger partial charge in [-0.25, -0.2) is 4.98 Å². The number of anilines is 1. The highest BCUT2D eigenvalue weighted by Gasteiger charge is 2.11. The molecule has 4 rings (SSSR count). The van der Waals surface area contributed by atoms with Crippen LogP contribution in [0.4, 0.5) is 5.13 Å². The van der Waals surface area contributed by atoms with Crippen molar-refractivity contribution in [3.8, 4) is 11.6 Å². The predicted molar refractivity (Wildman–Crippen MR) is 119 cm³/mol. The zero-order valence-corrected chi connectivity index (χ0v) is 17.6. The van der Waals surface area contributed by atoms with Crippen LogP contribution in [0.25, 0.3) is 10.2 Å². The molecule has 0 bridgehead atoms. The molecule has 0 radical (unpaired) electrons. The summed E-state index contributed by atoms with van der Waals surface area (Å²) in [7, 11) is 0. The van der Waals surface area contributed by atoms with Crippen LogP contribution >= 0.6 is 22.7 Å². The van der Waals surface area contributed by atoms with Crippen LogP contribution in [-0.4, -0.2) is 34.8 Å². The van der Waals surface area contributed by atoms with Gasteiger partial charge in [-0.15, -0.1) is 0 Å². The second-order valence-electron chi connectivity index (χ2n) is 6.50. The van der Waals surface area contributed by atoms with Gasteiger partial charge in [-0.05, 0) is 36.8 Å². The number of benzene rings is 2. The van der Waals surface area contributed by atoms with E-state index in [-0.39, 0.29) is 10.8 Å². The quantitative estimate of drug-likeness (QED) is 0.440. The summed E-state index contributed by atoms with van der Waals surface area (Å²) in [5.41, 5.74) is 2.04. The lowest BCUT2D eigenvalue weighted by molar-refractivity contribution is 0.324. The van der Waals surface area contributed by atoms with Crippen LogP contribution in [0.2, 0.25) is 0 Å². The Bertz CT molecular complexity index is 1110. The molecular weight excluding hydrogens is 406 g/mol. The Morgan fingerprint density at radius 3 is 2.62 bits per heavy atom. The van der Waals surface area contributed by atoms with E-state index in [0.717, 1.165) is 46.4 Å². The molecule has 2 aromatic carbocycles. The van der Waals surface area contributed by atoms with E-state index in [1.54, 1.807) is 11.3 Å². The van der Waals surface area contributed by atoms with Crippen LogP contribution in [0.15, 0.2) is 53.3 Å². The Morgan fingerprint density at radius 1 is 1.14 bits per heavy atom. The molecule has 0 spiro atoms. The summed E-state index contributed by atoms with van der Waals surface area (Å²) >= 11 is 2.73. The highest BCUT2D eigenvalue weighted by molar-refractivity contribution is 7.22. The van der Waals surface area contributed by atoms with Crippen molar-refractivity contribution in [2.24, 2.45) is 0 Å². The van der Waals surface area contributed by atoms with Gasteiger partial charge in [0.1, 0.15) is 12.4 Å². The standard InChI is InChI=1S/C21H21N3O3S2/c1-2-24(20-22-16-5-3-4-6-17(16)28-20)11-12-27-15-9-7-14(8-10-15)13-18-19(25)23-21(26)29-18/h3-10,25H,2,11-13H2,1H3,(H,23,26). The monoisotopic (exact) mass is 427 g/mol. The van der Waals surface area contributed by atoms with Crippen LogP contribution in [0.3, 0.4) is 0 Å². The predicted octanol–water partition coefficient (Wildman–Crippen LogP) is 4.25. The van der Waals surface area contributed by atoms with E-state index in [2.05, 4.69) is 22.9 Å². The molecule has 29 heavy (non-hydrogen) atoms. The molecule has 0 aliphatic heterocycles. The van der Waals surface area contributed by atoms with E-state index in [0.29, 0.717) is 17.9 Å². The van der Waals surface area contributed by atoms with Crippen molar-refractivity contribution in [1.82, 2.24) is 9.97 Å². The molecule has 0 aliphatic carbocycles. The van der Waals surface area contributed by atoms with Crippen molar-refractivity contribution in [3.05, 3.63) is 68.6 Å². The fourth-order valence-corrected chi connectivity index (χ4v) is 4.83. The summed E-state index contributed by atoms with van der Waals surface area (Å²) in [6, 6.07) is 15.9. The number of para-hydroxylation sites is 1. The van der Waals surface area contributed by atoms with Gasteiger partial charge in [-0.1, -0.05) is 46.9 Å². The van der Waals surface area contributed by atoms with E-state index in [1.807, 2.05) is 42.5 Å². The van der Waals surface area contributed by atoms with Gasteiger partial charge in [0.2, 0.25) is 5.88 Å². The van der Waals surface area contributed by atoms with E-state index >= 15 is 0 Å². The lowest BCUT2D eigenvalue weighted by Gasteiger charge is -2.19. The third-order valence-corrected chi connectivity index (χ3v) is 6.52. The van der Waals surface area contributed by atoms with Crippen molar-refractivity contribution < 1.29 is 9.84 Å². The molecule has 0 saturated heterocycles. The minimum absolute atomic E-state index is 0.0465. The van der Waals surface area contributed by atoms with Crippen molar-refractivity contribution in [2.75, 3.05) is 24.6 Å². The van der Waals surface area contributed by atoms with E-state index in [4.69, 9.17) is 9.72 Å². The third kappa shape index (κ3) is 4.60. The van der Waals surface area contributed by atoms with Gasteiger partial charge in [0.25, 0.3) is 0 Å². The van der Waals surface area contributed by atoms with Crippen molar-refractivity contribution in [2.45, 2.75) is 13.3 Å². The SMILES string of the molecule is CCN(CCOc1ccc(Cc2sc(=O)[nH]c2O)cc1)c1nc2ccccc2s1. The highest BCUT2D eigenvalue weighted by atomic mass is 32.1. The van der Waals surface area contributed by atoms with Gasteiger partial charge in [0.15, 0.2) is 5.13 Å². The molecule has 0 atom stereocenters. The number of hydrogen-bond donors (Lipinski definition) is 2. The van der Waals surface area contributed by atoms with Crippen molar-refractivity contribution in [3.63, 3.8) is 0 Å². The van der Waals surface area contributed by atoms with Crippen LogP contribution in [0.1, 0.15) is 17.4 Å².